The molecule has 0 bridgehead atoms. The summed E-state index contributed by atoms with van der Waals surface area (Å²) in [6.45, 7) is 4.20. The zero-order valence-electron chi connectivity index (χ0n) is 8.83. The van der Waals surface area contributed by atoms with Crippen LogP contribution in [0.15, 0.2) is 18.2 Å². The van der Waals surface area contributed by atoms with E-state index in [4.69, 9.17) is 5.73 Å². The molecule has 15 heavy (non-hydrogen) atoms. The van der Waals surface area contributed by atoms with Crippen molar-refractivity contribution in [2.24, 2.45) is 5.73 Å². The molecule has 1 rings (SSSR count). The van der Waals surface area contributed by atoms with E-state index < -0.39 is 5.91 Å². The third-order valence-corrected chi connectivity index (χ3v) is 1.96. The minimum atomic E-state index is -0.524. The highest BCUT2D eigenvalue weighted by atomic mass is 16.2. The molecule has 0 spiro atoms. The lowest BCUT2D eigenvalue weighted by Gasteiger charge is -2.05. The fourth-order valence-corrected chi connectivity index (χ4v) is 1.32. The van der Waals surface area contributed by atoms with Crippen LogP contribution in [0.25, 0.3) is 0 Å². The molecular weight excluding hydrogens is 192 g/mol. The quantitative estimate of drug-likeness (QED) is 0.769. The van der Waals surface area contributed by atoms with Gasteiger partial charge < -0.3 is 11.1 Å². The minimum Gasteiger partial charge on any atom is -0.366 e. The molecule has 0 aliphatic carbocycles. The van der Waals surface area contributed by atoms with Gasteiger partial charge in [-0.25, -0.2) is 0 Å². The van der Waals surface area contributed by atoms with Crippen LogP contribution in [0.5, 0.6) is 0 Å². The molecule has 2 amide bonds. The number of nitrogens with one attached hydrogen (secondary N) is 1. The summed E-state index contributed by atoms with van der Waals surface area (Å²) in [6.07, 6.45) is 0. The largest absolute Gasteiger partial charge is 0.366 e. The van der Waals surface area contributed by atoms with Gasteiger partial charge in [0.2, 0.25) is 5.91 Å². The van der Waals surface area contributed by atoms with E-state index in [1.807, 2.05) is 13.8 Å². The zero-order chi connectivity index (χ0) is 11.4. The van der Waals surface area contributed by atoms with E-state index in [0.29, 0.717) is 17.7 Å². The maximum atomic E-state index is 11.5. The van der Waals surface area contributed by atoms with Gasteiger partial charge in [0.15, 0.2) is 0 Å². The van der Waals surface area contributed by atoms with Crippen molar-refractivity contribution in [3.63, 3.8) is 0 Å². The van der Waals surface area contributed by atoms with Crippen molar-refractivity contribution in [1.82, 2.24) is 5.32 Å². The van der Waals surface area contributed by atoms with Crippen LogP contribution >= 0.6 is 0 Å². The van der Waals surface area contributed by atoms with Crippen molar-refractivity contribution < 1.29 is 9.59 Å². The second-order valence-electron chi connectivity index (χ2n) is 3.31. The van der Waals surface area contributed by atoms with Crippen molar-refractivity contribution in [1.29, 1.82) is 0 Å². The van der Waals surface area contributed by atoms with Crippen molar-refractivity contribution in [2.75, 3.05) is 6.54 Å². The Bertz CT molecular complexity index is 400. The first-order valence-corrected chi connectivity index (χ1v) is 4.74. The maximum Gasteiger partial charge on any atom is 0.251 e. The molecule has 0 heterocycles. The van der Waals surface area contributed by atoms with Crippen LogP contribution in [0.4, 0.5) is 0 Å². The minimum absolute atomic E-state index is 0.191. The Morgan fingerprint density at radius 1 is 1.27 bits per heavy atom. The zero-order valence-corrected chi connectivity index (χ0v) is 8.83. The Balaban J connectivity index is 3.09. The van der Waals surface area contributed by atoms with E-state index in [1.165, 1.54) is 6.07 Å². The third-order valence-electron chi connectivity index (χ3n) is 1.96. The average molecular weight is 206 g/mol. The van der Waals surface area contributed by atoms with Gasteiger partial charge in [-0.3, -0.25) is 9.59 Å². The number of rotatable bonds is 3. The number of primary amides is 1. The van der Waals surface area contributed by atoms with E-state index in [2.05, 4.69) is 5.32 Å². The topological polar surface area (TPSA) is 72.2 Å². The van der Waals surface area contributed by atoms with Gasteiger partial charge >= 0.3 is 0 Å². The van der Waals surface area contributed by atoms with E-state index in [0.717, 1.165) is 5.56 Å². The molecule has 0 aliphatic rings. The summed E-state index contributed by atoms with van der Waals surface area (Å²) in [5.74, 6) is -0.715. The summed E-state index contributed by atoms with van der Waals surface area (Å²) in [7, 11) is 0. The summed E-state index contributed by atoms with van der Waals surface area (Å²) in [6, 6.07) is 4.88. The maximum absolute atomic E-state index is 11.5. The van der Waals surface area contributed by atoms with Gasteiger partial charge in [-0.1, -0.05) is 0 Å². The number of nitrogens with two attached hydrogens (primary N) is 1. The Morgan fingerprint density at radius 2 is 1.87 bits per heavy atom. The molecule has 0 saturated heterocycles. The standard InChI is InChI=1S/C11H14N2O2/c1-3-13-11(15)9-5-7(2)4-8(6-9)10(12)14/h4-6H,3H2,1-2H3,(H2,12,14)(H,13,15). The number of aryl methyl sites for hydroxylation is 1. The highest BCUT2D eigenvalue weighted by Gasteiger charge is 2.08. The van der Waals surface area contributed by atoms with Crippen LogP contribution in [0.3, 0.4) is 0 Å². The van der Waals surface area contributed by atoms with Crippen molar-refractivity contribution in [2.45, 2.75) is 13.8 Å². The van der Waals surface area contributed by atoms with Gasteiger partial charge in [-0.15, -0.1) is 0 Å². The number of carbonyl (C=O) groups is 2. The highest BCUT2D eigenvalue weighted by Crippen LogP contribution is 2.09. The SMILES string of the molecule is CCNC(=O)c1cc(C)cc(C(N)=O)c1. The Hall–Kier alpha value is -1.84. The number of benzene rings is 1. The molecule has 0 aromatic heterocycles. The summed E-state index contributed by atoms with van der Waals surface area (Å²) in [5.41, 5.74) is 6.82. The van der Waals surface area contributed by atoms with Crippen LogP contribution in [0.1, 0.15) is 33.2 Å². The molecule has 0 atom stereocenters. The molecular formula is C11H14N2O2. The molecule has 0 fully saturated rings. The Labute approximate surface area is 88.5 Å². The normalized spacial score (nSPS) is 9.73. The van der Waals surface area contributed by atoms with Crippen LogP contribution in [-0.4, -0.2) is 18.4 Å². The van der Waals surface area contributed by atoms with E-state index >= 15 is 0 Å². The summed E-state index contributed by atoms with van der Waals surface area (Å²) in [5, 5.41) is 2.66. The van der Waals surface area contributed by atoms with Gasteiger partial charge in [-0.05, 0) is 37.6 Å². The van der Waals surface area contributed by atoms with Gasteiger partial charge in [0, 0.05) is 17.7 Å². The fraction of sp³-hybridized carbons (Fsp3) is 0.273. The molecule has 0 unspecified atom stereocenters. The number of carbonyl (C=O) groups excluding carboxylic acids is 2. The molecule has 4 nitrogen and oxygen atoms in total. The van der Waals surface area contributed by atoms with Crippen molar-refractivity contribution in [3.05, 3.63) is 34.9 Å². The summed E-state index contributed by atoms with van der Waals surface area (Å²) >= 11 is 0. The Morgan fingerprint density at radius 3 is 2.40 bits per heavy atom. The lowest BCUT2D eigenvalue weighted by molar-refractivity contribution is 0.0955. The molecule has 1 aromatic carbocycles. The van der Waals surface area contributed by atoms with Gasteiger partial charge in [0.1, 0.15) is 0 Å². The molecule has 0 radical (unpaired) electrons. The van der Waals surface area contributed by atoms with Crippen molar-refractivity contribution >= 4 is 11.8 Å². The van der Waals surface area contributed by atoms with E-state index in [1.54, 1.807) is 12.1 Å². The molecule has 0 aliphatic heterocycles. The smallest absolute Gasteiger partial charge is 0.251 e. The molecule has 4 heteroatoms. The van der Waals surface area contributed by atoms with Crippen molar-refractivity contribution in [3.8, 4) is 0 Å². The van der Waals surface area contributed by atoms with Crippen LogP contribution in [0.2, 0.25) is 0 Å². The van der Waals surface area contributed by atoms with Crippen LogP contribution < -0.4 is 11.1 Å². The van der Waals surface area contributed by atoms with Crippen LogP contribution in [0, 0.1) is 6.92 Å². The predicted octanol–water partition coefficient (Wildman–Crippen LogP) is 0.844. The monoisotopic (exact) mass is 206 g/mol. The van der Waals surface area contributed by atoms with Gasteiger partial charge in [0.25, 0.3) is 5.91 Å². The van der Waals surface area contributed by atoms with Gasteiger partial charge in [0.05, 0.1) is 0 Å². The first-order chi connectivity index (χ1) is 7.04. The Kier molecular flexibility index (Phi) is 3.44. The second kappa shape index (κ2) is 4.59. The molecule has 0 saturated carbocycles. The fourth-order valence-electron chi connectivity index (χ4n) is 1.32. The van der Waals surface area contributed by atoms with Gasteiger partial charge in [-0.2, -0.15) is 0 Å². The summed E-state index contributed by atoms with van der Waals surface area (Å²) < 4.78 is 0. The highest BCUT2D eigenvalue weighted by molar-refractivity contribution is 5.99. The number of hydrogen-bond acceptors (Lipinski definition) is 2. The van der Waals surface area contributed by atoms with E-state index in [-0.39, 0.29) is 5.91 Å². The summed E-state index contributed by atoms with van der Waals surface area (Å²) in [4.78, 5) is 22.5. The number of hydrogen-bond donors (Lipinski definition) is 2. The second-order valence-corrected chi connectivity index (χ2v) is 3.31. The van der Waals surface area contributed by atoms with Crippen LogP contribution in [-0.2, 0) is 0 Å². The van der Waals surface area contributed by atoms with E-state index in [9.17, 15) is 9.59 Å². The first-order valence-electron chi connectivity index (χ1n) is 4.74. The molecule has 3 N–H and O–H groups in total. The number of amides is 2. The molecule has 1 aromatic rings. The predicted molar refractivity (Wildman–Crippen MR) is 57.7 cm³/mol. The lowest BCUT2D eigenvalue weighted by atomic mass is 10.1. The molecule has 80 valence electrons. The first kappa shape index (κ1) is 11.2. The average Bonchev–Trinajstić information content (AvgIpc) is 2.17. The third kappa shape index (κ3) is 2.80. The lowest BCUT2D eigenvalue weighted by Crippen LogP contribution is -2.23.